The number of rotatable bonds is 3. The Morgan fingerprint density at radius 1 is 1.57 bits per heavy atom. The Hall–Kier alpha value is -0.830. The summed E-state index contributed by atoms with van der Waals surface area (Å²) in [4.78, 5) is 14.2. The van der Waals surface area contributed by atoms with Crippen molar-refractivity contribution in [1.82, 2.24) is 0 Å². The Kier molecular flexibility index (Phi) is 2.35. The smallest absolute Gasteiger partial charge is 0.317 e. The molecule has 1 aromatic rings. The largest absolute Gasteiger partial charge is 0.465 e. The lowest BCUT2D eigenvalue weighted by atomic mass is 10.1. The molecule has 0 aliphatic heterocycles. The molecular formula is C11H14O2S. The summed E-state index contributed by atoms with van der Waals surface area (Å²) in [6.45, 7) is 4.40. The molecule has 0 aromatic carbocycles. The van der Waals surface area contributed by atoms with Crippen molar-refractivity contribution in [3.8, 4) is 0 Å². The van der Waals surface area contributed by atoms with Gasteiger partial charge in [-0.05, 0) is 38.8 Å². The lowest BCUT2D eigenvalue weighted by Gasteiger charge is -2.11. The lowest BCUT2D eigenvalue weighted by Crippen LogP contribution is -2.21. The lowest BCUT2D eigenvalue weighted by molar-refractivity contribution is -0.146. The van der Waals surface area contributed by atoms with Gasteiger partial charge in [0, 0.05) is 9.75 Å². The molecule has 3 heteroatoms. The van der Waals surface area contributed by atoms with Crippen molar-refractivity contribution < 1.29 is 9.53 Å². The van der Waals surface area contributed by atoms with Crippen LogP contribution in [-0.4, -0.2) is 12.6 Å². The predicted molar refractivity (Wildman–Crippen MR) is 56.6 cm³/mol. The Labute approximate surface area is 87.9 Å². The summed E-state index contributed by atoms with van der Waals surface area (Å²) < 4.78 is 5.10. The first-order chi connectivity index (χ1) is 6.69. The van der Waals surface area contributed by atoms with Crippen LogP contribution in [0.1, 0.15) is 29.5 Å². The van der Waals surface area contributed by atoms with Crippen LogP contribution in [0.3, 0.4) is 0 Å². The number of ether oxygens (including phenoxy) is 1. The van der Waals surface area contributed by atoms with E-state index < -0.39 is 0 Å². The quantitative estimate of drug-likeness (QED) is 0.717. The first kappa shape index (κ1) is 9.71. The van der Waals surface area contributed by atoms with E-state index in [0.717, 1.165) is 12.8 Å². The molecule has 0 unspecified atom stereocenters. The zero-order valence-electron chi connectivity index (χ0n) is 8.50. The minimum atomic E-state index is -0.269. The summed E-state index contributed by atoms with van der Waals surface area (Å²) in [7, 11) is 0. The van der Waals surface area contributed by atoms with E-state index in [4.69, 9.17) is 4.74 Å². The van der Waals surface area contributed by atoms with Crippen LogP contribution < -0.4 is 0 Å². The van der Waals surface area contributed by atoms with Gasteiger partial charge in [-0.3, -0.25) is 4.79 Å². The van der Waals surface area contributed by atoms with Gasteiger partial charge in [-0.25, -0.2) is 0 Å². The van der Waals surface area contributed by atoms with Crippen molar-refractivity contribution in [1.29, 1.82) is 0 Å². The summed E-state index contributed by atoms with van der Waals surface area (Å²) in [5.41, 5.74) is -0.269. The third-order valence-corrected chi connectivity index (χ3v) is 3.83. The predicted octanol–water partition coefficient (Wildman–Crippen LogP) is 2.65. The van der Waals surface area contributed by atoms with Crippen LogP contribution >= 0.6 is 11.3 Å². The Morgan fingerprint density at radius 3 is 2.71 bits per heavy atom. The Bertz CT molecular complexity index is 350. The Morgan fingerprint density at radius 2 is 2.29 bits per heavy atom. The molecule has 1 aliphatic carbocycles. The fraction of sp³-hybridized carbons (Fsp3) is 0.545. The average Bonchev–Trinajstić information content (AvgIpc) is 2.85. The molecule has 2 nitrogen and oxygen atoms in total. The summed E-state index contributed by atoms with van der Waals surface area (Å²) in [6.07, 6.45) is 1.90. The van der Waals surface area contributed by atoms with Gasteiger partial charge < -0.3 is 4.74 Å². The number of aryl methyl sites for hydroxylation is 1. The molecule has 1 aliphatic rings. The molecule has 1 heterocycles. The first-order valence-corrected chi connectivity index (χ1v) is 5.75. The second kappa shape index (κ2) is 3.39. The first-order valence-electron chi connectivity index (χ1n) is 4.93. The molecular weight excluding hydrogens is 196 g/mol. The standard InChI is InChI=1S/C11H14O2S/c1-3-13-10(12)11(6-7-11)9-5-4-8(2)14-9/h4-5H,3,6-7H2,1-2H3. The minimum absolute atomic E-state index is 0.0400. The summed E-state index contributed by atoms with van der Waals surface area (Å²) >= 11 is 1.71. The zero-order valence-corrected chi connectivity index (χ0v) is 9.32. The van der Waals surface area contributed by atoms with Crippen molar-refractivity contribution >= 4 is 17.3 Å². The van der Waals surface area contributed by atoms with Crippen LogP contribution in [0.15, 0.2) is 12.1 Å². The summed E-state index contributed by atoms with van der Waals surface area (Å²) in [6, 6.07) is 4.13. The zero-order chi connectivity index (χ0) is 10.2. The van der Waals surface area contributed by atoms with Gasteiger partial charge in [0.05, 0.1) is 6.61 Å². The van der Waals surface area contributed by atoms with Crippen molar-refractivity contribution in [2.45, 2.75) is 32.1 Å². The van der Waals surface area contributed by atoms with Crippen LogP contribution in [0.2, 0.25) is 0 Å². The van der Waals surface area contributed by atoms with Gasteiger partial charge in [-0.1, -0.05) is 0 Å². The number of hydrogen-bond acceptors (Lipinski definition) is 3. The Balaban J connectivity index is 2.21. The van der Waals surface area contributed by atoms with Crippen LogP contribution in [0.5, 0.6) is 0 Å². The normalized spacial score (nSPS) is 17.9. The van der Waals surface area contributed by atoms with Gasteiger partial charge >= 0.3 is 5.97 Å². The van der Waals surface area contributed by atoms with Crippen LogP contribution in [0.25, 0.3) is 0 Å². The highest BCUT2D eigenvalue weighted by Gasteiger charge is 2.53. The topological polar surface area (TPSA) is 26.3 Å². The third kappa shape index (κ3) is 1.46. The maximum Gasteiger partial charge on any atom is 0.317 e. The van der Waals surface area contributed by atoms with Gasteiger partial charge in [0.15, 0.2) is 0 Å². The van der Waals surface area contributed by atoms with Crippen LogP contribution in [-0.2, 0) is 14.9 Å². The van der Waals surface area contributed by atoms with E-state index in [-0.39, 0.29) is 11.4 Å². The van der Waals surface area contributed by atoms with E-state index in [1.54, 1.807) is 11.3 Å². The molecule has 76 valence electrons. The average molecular weight is 210 g/mol. The van der Waals surface area contributed by atoms with Crippen molar-refractivity contribution in [2.24, 2.45) is 0 Å². The van der Waals surface area contributed by atoms with E-state index in [9.17, 15) is 4.79 Å². The maximum atomic E-state index is 11.7. The maximum absolute atomic E-state index is 11.7. The molecule has 0 N–H and O–H groups in total. The molecule has 14 heavy (non-hydrogen) atoms. The summed E-state index contributed by atoms with van der Waals surface area (Å²) in [5.74, 6) is -0.0400. The van der Waals surface area contributed by atoms with E-state index in [1.165, 1.54) is 9.75 Å². The van der Waals surface area contributed by atoms with Crippen LogP contribution in [0.4, 0.5) is 0 Å². The fourth-order valence-corrected chi connectivity index (χ4v) is 2.74. The number of thiophene rings is 1. The van der Waals surface area contributed by atoms with Gasteiger partial charge in [-0.2, -0.15) is 0 Å². The highest BCUT2D eigenvalue weighted by Crippen LogP contribution is 2.51. The molecule has 2 rings (SSSR count). The van der Waals surface area contributed by atoms with E-state index in [0.29, 0.717) is 6.61 Å². The van der Waals surface area contributed by atoms with E-state index in [1.807, 2.05) is 6.92 Å². The molecule has 0 spiro atoms. The van der Waals surface area contributed by atoms with Crippen molar-refractivity contribution in [3.05, 3.63) is 21.9 Å². The fourth-order valence-electron chi connectivity index (χ4n) is 1.64. The number of carbonyl (C=O) groups excluding carboxylic acids is 1. The van der Waals surface area contributed by atoms with E-state index >= 15 is 0 Å². The SMILES string of the molecule is CCOC(=O)C1(c2ccc(C)s2)CC1. The highest BCUT2D eigenvalue weighted by atomic mass is 32.1. The molecule has 0 amide bonds. The van der Waals surface area contributed by atoms with Crippen molar-refractivity contribution in [2.75, 3.05) is 6.61 Å². The third-order valence-electron chi connectivity index (χ3n) is 2.63. The minimum Gasteiger partial charge on any atom is -0.465 e. The highest BCUT2D eigenvalue weighted by molar-refractivity contribution is 7.12. The number of hydrogen-bond donors (Lipinski definition) is 0. The second-order valence-electron chi connectivity index (χ2n) is 3.71. The van der Waals surface area contributed by atoms with Gasteiger partial charge in [0.25, 0.3) is 0 Å². The number of esters is 1. The second-order valence-corrected chi connectivity index (χ2v) is 5.00. The van der Waals surface area contributed by atoms with Gasteiger partial charge in [-0.15, -0.1) is 11.3 Å². The monoisotopic (exact) mass is 210 g/mol. The van der Waals surface area contributed by atoms with E-state index in [2.05, 4.69) is 19.1 Å². The molecule has 0 radical (unpaired) electrons. The molecule has 1 fully saturated rings. The van der Waals surface area contributed by atoms with Gasteiger partial charge in [0.2, 0.25) is 0 Å². The molecule has 0 bridgehead atoms. The van der Waals surface area contributed by atoms with Crippen molar-refractivity contribution in [3.63, 3.8) is 0 Å². The van der Waals surface area contributed by atoms with Gasteiger partial charge in [0.1, 0.15) is 5.41 Å². The molecule has 0 saturated heterocycles. The summed E-state index contributed by atoms with van der Waals surface area (Å²) in [5, 5.41) is 0. The molecule has 1 saturated carbocycles. The number of carbonyl (C=O) groups is 1. The molecule has 1 aromatic heterocycles. The van der Waals surface area contributed by atoms with Crippen LogP contribution in [0, 0.1) is 6.92 Å². The molecule has 0 atom stereocenters.